The second kappa shape index (κ2) is 9.80. The predicted octanol–water partition coefficient (Wildman–Crippen LogP) is 2.69. The van der Waals surface area contributed by atoms with Gasteiger partial charge in [0.15, 0.2) is 6.61 Å². The number of benzene rings is 2. The van der Waals surface area contributed by atoms with E-state index in [1.54, 1.807) is 36.4 Å². The Morgan fingerprint density at radius 2 is 1.91 bits per heavy atom. The van der Waals surface area contributed by atoms with Gasteiger partial charge >= 0.3 is 5.97 Å². The van der Waals surface area contributed by atoms with Gasteiger partial charge in [-0.15, -0.1) is 0 Å². The molecule has 10 heteroatoms. The molecule has 2 aromatic carbocycles. The molecule has 0 aliphatic carbocycles. The molecule has 0 saturated carbocycles. The molecular formula is C22H24N4O5S. The number of hydrogen-bond donors (Lipinski definition) is 0. The van der Waals surface area contributed by atoms with Crippen LogP contribution in [0, 0.1) is 11.3 Å². The Hall–Kier alpha value is -3.42. The normalized spacial score (nSPS) is 11.5. The topological polar surface area (TPSA) is 115 Å². The number of carbonyl (C=O) groups is 1. The van der Waals surface area contributed by atoms with Crippen molar-refractivity contribution in [1.29, 1.82) is 5.26 Å². The van der Waals surface area contributed by atoms with Crippen LogP contribution in [0.1, 0.15) is 24.7 Å². The molecule has 0 atom stereocenters. The lowest BCUT2D eigenvalue weighted by Crippen LogP contribution is -2.22. The first-order valence-electron chi connectivity index (χ1n) is 9.96. The smallest absolute Gasteiger partial charge is 0.344 e. The average Bonchev–Trinajstić information content (AvgIpc) is 3.13. The summed E-state index contributed by atoms with van der Waals surface area (Å²) in [6, 6.07) is 13.2. The number of sulfonamides is 1. The Bertz CT molecular complexity index is 1260. The molecule has 0 fully saturated rings. The Labute approximate surface area is 186 Å². The molecule has 0 bridgehead atoms. The third-order valence-electron chi connectivity index (χ3n) is 4.73. The third-order valence-corrected chi connectivity index (χ3v) is 6.54. The van der Waals surface area contributed by atoms with Gasteiger partial charge in [-0.2, -0.15) is 5.26 Å². The highest BCUT2D eigenvalue weighted by atomic mass is 32.2. The van der Waals surface area contributed by atoms with Crippen molar-refractivity contribution in [3.63, 3.8) is 0 Å². The fourth-order valence-electron chi connectivity index (χ4n) is 3.07. The Balaban J connectivity index is 1.73. The van der Waals surface area contributed by atoms with Gasteiger partial charge in [-0.3, -0.25) is 0 Å². The van der Waals surface area contributed by atoms with Crippen LogP contribution in [0.3, 0.4) is 0 Å². The summed E-state index contributed by atoms with van der Waals surface area (Å²) in [7, 11) is -0.639. The van der Waals surface area contributed by atoms with Gasteiger partial charge in [0.1, 0.15) is 18.2 Å². The molecule has 0 radical (unpaired) electrons. The summed E-state index contributed by atoms with van der Waals surface area (Å²) >= 11 is 0. The Kier molecular flexibility index (Phi) is 7.12. The van der Waals surface area contributed by atoms with Crippen LogP contribution in [0.4, 0.5) is 0 Å². The summed E-state index contributed by atoms with van der Waals surface area (Å²) in [5.41, 5.74) is 1.78. The minimum absolute atomic E-state index is 0.0694. The van der Waals surface area contributed by atoms with Gasteiger partial charge in [-0.1, -0.05) is 6.92 Å². The zero-order chi connectivity index (χ0) is 23.3. The van der Waals surface area contributed by atoms with Crippen molar-refractivity contribution in [3.05, 3.63) is 53.9 Å². The summed E-state index contributed by atoms with van der Waals surface area (Å²) in [5, 5.41) is 8.81. The van der Waals surface area contributed by atoms with E-state index in [9.17, 15) is 13.2 Å². The number of aryl methyl sites for hydroxylation is 1. The quantitative estimate of drug-likeness (QED) is 0.455. The van der Waals surface area contributed by atoms with E-state index < -0.39 is 16.0 Å². The van der Waals surface area contributed by atoms with Crippen molar-refractivity contribution < 1.29 is 22.7 Å². The van der Waals surface area contributed by atoms with Crippen molar-refractivity contribution in [2.45, 2.75) is 31.4 Å². The molecule has 0 aliphatic rings. The van der Waals surface area contributed by atoms with Gasteiger partial charge < -0.3 is 14.0 Å². The van der Waals surface area contributed by atoms with Crippen LogP contribution in [0.5, 0.6) is 5.75 Å². The maximum absolute atomic E-state index is 12.4. The SMILES string of the molecule is CCCn1c(COC(=O)COc2ccc(C#N)cc2)nc2cc(S(=O)(=O)N(C)C)ccc21. The van der Waals surface area contributed by atoms with Gasteiger partial charge in [0.25, 0.3) is 0 Å². The molecule has 32 heavy (non-hydrogen) atoms. The van der Waals surface area contributed by atoms with Gasteiger partial charge in [0, 0.05) is 20.6 Å². The molecule has 0 N–H and O–H groups in total. The second-order valence-corrected chi connectivity index (χ2v) is 9.35. The Morgan fingerprint density at radius 1 is 1.19 bits per heavy atom. The largest absolute Gasteiger partial charge is 0.482 e. The van der Waals surface area contributed by atoms with E-state index in [4.69, 9.17) is 14.7 Å². The maximum atomic E-state index is 12.4. The number of nitrogens with zero attached hydrogens (tertiary/aromatic N) is 4. The molecular weight excluding hydrogens is 432 g/mol. The summed E-state index contributed by atoms with van der Waals surface area (Å²) < 4.78 is 38.6. The molecule has 0 saturated heterocycles. The molecule has 0 spiro atoms. The van der Waals surface area contributed by atoms with Crippen molar-refractivity contribution in [3.8, 4) is 11.8 Å². The number of nitriles is 1. The number of esters is 1. The zero-order valence-corrected chi connectivity index (χ0v) is 18.9. The summed E-state index contributed by atoms with van der Waals surface area (Å²) in [5.74, 6) is 0.405. The molecule has 168 valence electrons. The molecule has 1 aromatic heterocycles. The number of imidazole rings is 1. The number of ether oxygens (including phenoxy) is 2. The van der Waals surface area contributed by atoms with Crippen molar-refractivity contribution in [2.75, 3.05) is 20.7 Å². The van der Waals surface area contributed by atoms with E-state index >= 15 is 0 Å². The number of rotatable bonds is 9. The highest BCUT2D eigenvalue weighted by Crippen LogP contribution is 2.23. The summed E-state index contributed by atoms with van der Waals surface area (Å²) in [6.45, 7) is 2.30. The Morgan fingerprint density at radius 3 is 2.53 bits per heavy atom. The minimum atomic E-state index is -3.58. The predicted molar refractivity (Wildman–Crippen MR) is 117 cm³/mol. The number of fused-ring (bicyclic) bond motifs is 1. The maximum Gasteiger partial charge on any atom is 0.344 e. The molecule has 0 amide bonds. The first-order valence-corrected chi connectivity index (χ1v) is 11.4. The van der Waals surface area contributed by atoms with Crippen molar-refractivity contribution in [1.82, 2.24) is 13.9 Å². The van der Waals surface area contributed by atoms with E-state index in [2.05, 4.69) is 4.98 Å². The number of aromatic nitrogens is 2. The number of hydrogen-bond acceptors (Lipinski definition) is 7. The summed E-state index contributed by atoms with van der Waals surface area (Å²) in [4.78, 5) is 16.8. The van der Waals surface area contributed by atoms with Crippen molar-refractivity contribution >= 4 is 27.0 Å². The minimum Gasteiger partial charge on any atom is -0.482 e. The van der Waals surface area contributed by atoms with Crippen molar-refractivity contribution in [2.24, 2.45) is 0 Å². The van der Waals surface area contributed by atoms with Gasteiger partial charge in [0.05, 0.1) is 27.6 Å². The molecule has 3 rings (SSSR count). The zero-order valence-electron chi connectivity index (χ0n) is 18.1. The molecule has 9 nitrogen and oxygen atoms in total. The van der Waals surface area contributed by atoms with E-state index in [-0.39, 0.29) is 18.1 Å². The van der Waals surface area contributed by atoms with E-state index in [0.717, 1.165) is 16.2 Å². The van der Waals surface area contributed by atoms with Crippen LogP contribution in [-0.2, 0) is 32.7 Å². The fraction of sp³-hybridized carbons (Fsp3) is 0.318. The standard InChI is InChI=1S/C22H24N4O5S/c1-4-11-26-20-10-9-18(32(28,29)25(2)3)12-19(20)24-21(26)14-31-22(27)15-30-17-7-5-16(13-23)6-8-17/h5-10,12H,4,11,14-15H2,1-3H3. The highest BCUT2D eigenvalue weighted by Gasteiger charge is 2.20. The lowest BCUT2D eigenvalue weighted by Gasteiger charge is -2.11. The van der Waals surface area contributed by atoms with E-state index in [1.165, 1.54) is 20.2 Å². The van der Waals surface area contributed by atoms with Gasteiger partial charge in [-0.05, 0) is 48.9 Å². The van der Waals surface area contributed by atoms with E-state index in [1.807, 2.05) is 17.6 Å². The first-order chi connectivity index (χ1) is 15.3. The molecule has 0 aliphatic heterocycles. The molecule has 3 aromatic rings. The van der Waals surface area contributed by atoms with Crippen LogP contribution < -0.4 is 4.74 Å². The lowest BCUT2D eigenvalue weighted by molar-refractivity contribution is -0.147. The van der Waals surface area contributed by atoms with E-state index in [0.29, 0.717) is 29.2 Å². The molecule has 0 unspecified atom stereocenters. The van der Waals surface area contributed by atoms with Gasteiger partial charge in [0.2, 0.25) is 10.0 Å². The molecule has 1 heterocycles. The first kappa shape index (κ1) is 23.2. The third kappa shape index (κ3) is 5.07. The van der Waals surface area contributed by atoms with Crippen LogP contribution in [0.25, 0.3) is 11.0 Å². The van der Waals surface area contributed by atoms with Crippen LogP contribution in [0.15, 0.2) is 47.4 Å². The van der Waals surface area contributed by atoms with Gasteiger partial charge in [-0.25, -0.2) is 22.5 Å². The monoisotopic (exact) mass is 456 g/mol. The average molecular weight is 457 g/mol. The summed E-state index contributed by atoms with van der Waals surface area (Å²) in [6.07, 6.45) is 0.825. The van der Waals surface area contributed by atoms with Crippen LogP contribution in [-0.4, -0.2) is 48.9 Å². The van der Waals surface area contributed by atoms with Crippen LogP contribution >= 0.6 is 0 Å². The fourth-order valence-corrected chi connectivity index (χ4v) is 3.99. The lowest BCUT2D eigenvalue weighted by atomic mass is 10.2. The number of carbonyl (C=O) groups excluding carboxylic acids is 1. The van der Waals surface area contributed by atoms with Crippen LogP contribution in [0.2, 0.25) is 0 Å². The highest BCUT2D eigenvalue weighted by molar-refractivity contribution is 7.89. The second-order valence-electron chi connectivity index (χ2n) is 7.20.